The summed E-state index contributed by atoms with van der Waals surface area (Å²) < 4.78 is 0. The fourth-order valence-corrected chi connectivity index (χ4v) is 1.06. The zero-order valence-corrected chi connectivity index (χ0v) is 9.19. The average molecular weight is 207 g/mol. The van der Waals surface area contributed by atoms with E-state index in [1.807, 2.05) is 18.2 Å². The highest BCUT2D eigenvalue weighted by Gasteiger charge is 2.03. The molecule has 0 saturated heterocycles. The molecule has 0 spiro atoms. The van der Waals surface area contributed by atoms with Crippen LogP contribution in [0.5, 0.6) is 0 Å². The molecule has 0 heterocycles. The monoisotopic (exact) mass is 207 g/mol. The van der Waals surface area contributed by atoms with E-state index in [2.05, 4.69) is 19.3 Å². The summed E-state index contributed by atoms with van der Waals surface area (Å²) in [6.45, 7) is 4.78. The molecule has 0 unspecified atom stereocenters. The van der Waals surface area contributed by atoms with Gasteiger partial charge in [0.15, 0.2) is 0 Å². The fraction of sp³-hybridized carbons (Fsp3) is 0.417. The Bertz CT molecular complexity index is 296. The molecule has 0 radical (unpaired) electrons. The molecule has 1 N–H and O–H groups in total. The second-order valence-electron chi connectivity index (χ2n) is 3.83. The predicted octanol–water partition coefficient (Wildman–Crippen LogP) is 2.39. The van der Waals surface area contributed by atoms with Crippen molar-refractivity contribution in [1.82, 2.24) is 5.48 Å². The third kappa shape index (κ3) is 4.61. The Labute approximate surface area is 90.4 Å². The van der Waals surface area contributed by atoms with E-state index in [-0.39, 0.29) is 5.91 Å². The van der Waals surface area contributed by atoms with Gasteiger partial charge in [0.05, 0.1) is 6.61 Å². The molecule has 3 nitrogen and oxygen atoms in total. The Kier molecular flexibility index (Phi) is 4.84. The molecular formula is C12H17NO2. The van der Waals surface area contributed by atoms with Gasteiger partial charge >= 0.3 is 0 Å². The predicted molar refractivity (Wildman–Crippen MR) is 59.3 cm³/mol. The SMILES string of the molecule is CC(C)CCONC(=O)c1ccccc1. The van der Waals surface area contributed by atoms with Crippen molar-refractivity contribution in [3.05, 3.63) is 35.9 Å². The molecular weight excluding hydrogens is 190 g/mol. The number of rotatable bonds is 5. The van der Waals surface area contributed by atoms with Gasteiger partial charge in [-0.1, -0.05) is 32.0 Å². The lowest BCUT2D eigenvalue weighted by molar-refractivity contribution is 0.0274. The second-order valence-corrected chi connectivity index (χ2v) is 3.83. The molecule has 15 heavy (non-hydrogen) atoms. The Morgan fingerprint density at radius 2 is 2.00 bits per heavy atom. The van der Waals surface area contributed by atoms with Crippen molar-refractivity contribution in [2.75, 3.05) is 6.61 Å². The summed E-state index contributed by atoms with van der Waals surface area (Å²) in [6.07, 6.45) is 0.940. The highest BCUT2D eigenvalue weighted by molar-refractivity contribution is 5.93. The van der Waals surface area contributed by atoms with Gasteiger partial charge in [-0.15, -0.1) is 0 Å². The zero-order valence-electron chi connectivity index (χ0n) is 9.19. The van der Waals surface area contributed by atoms with Crippen molar-refractivity contribution >= 4 is 5.91 Å². The number of hydrogen-bond acceptors (Lipinski definition) is 2. The van der Waals surface area contributed by atoms with Gasteiger partial charge in [0.2, 0.25) is 0 Å². The molecule has 0 aliphatic heterocycles. The number of carbonyl (C=O) groups excluding carboxylic acids is 1. The molecule has 0 saturated carbocycles. The topological polar surface area (TPSA) is 38.3 Å². The summed E-state index contributed by atoms with van der Waals surface area (Å²) in [4.78, 5) is 16.5. The number of amides is 1. The molecule has 82 valence electrons. The van der Waals surface area contributed by atoms with Crippen LogP contribution >= 0.6 is 0 Å². The van der Waals surface area contributed by atoms with Gasteiger partial charge in [0.1, 0.15) is 0 Å². The van der Waals surface area contributed by atoms with Crippen molar-refractivity contribution < 1.29 is 9.63 Å². The van der Waals surface area contributed by atoms with Gasteiger partial charge in [-0.3, -0.25) is 9.63 Å². The minimum atomic E-state index is -0.195. The number of nitrogens with one attached hydrogen (secondary N) is 1. The lowest BCUT2D eigenvalue weighted by atomic mass is 10.1. The van der Waals surface area contributed by atoms with Crippen LogP contribution in [0.25, 0.3) is 0 Å². The summed E-state index contributed by atoms with van der Waals surface area (Å²) in [7, 11) is 0. The van der Waals surface area contributed by atoms with Crippen LogP contribution in [0.15, 0.2) is 30.3 Å². The van der Waals surface area contributed by atoms with Crippen LogP contribution in [-0.2, 0) is 4.84 Å². The first kappa shape index (κ1) is 11.7. The van der Waals surface area contributed by atoms with E-state index in [1.54, 1.807) is 12.1 Å². The normalized spacial score (nSPS) is 10.3. The molecule has 3 heteroatoms. The third-order valence-corrected chi connectivity index (χ3v) is 2.00. The van der Waals surface area contributed by atoms with E-state index >= 15 is 0 Å². The van der Waals surface area contributed by atoms with Crippen molar-refractivity contribution in [1.29, 1.82) is 0 Å². The van der Waals surface area contributed by atoms with Crippen LogP contribution in [0.4, 0.5) is 0 Å². The van der Waals surface area contributed by atoms with E-state index in [9.17, 15) is 4.79 Å². The first-order valence-corrected chi connectivity index (χ1v) is 5.17. The van der Waals surface area contributed by atoms with Crippen molar-refractivity contribution in [3.8, 4) is 0 Å². The van der Waals surface area contributed by atoms with Gasteiger partial charge in [-0.25, -0.2) is 5.48 Å². The molecule has 0 fully saturated rings. The van der Waals surface area contributed by atoms with E-state index in [4.69, 9.17) is 4.84 Å². The maximum Gasteiger partial charge on any atom is 0.274 e. The molecule has 0 bridgehead atoms. The molecule has 0 atom stereocenters. The van der Waals surface area contributed by atoms with Crippen LogP contribution in [0.3, 0.4) is 0 Å². The Morgan fingerprint density at radius 1 is 1.33 bits per heavy atom. The van der Waals surface area contributed by atoms with E-state index in [0.29, 0.717) is 18.1 Å². The van der Waals surface area contributed by atoms with Gasteiger partial charge in [-0.05, 0) is 24.5 Å². The Morgan fingerprint density at radius 3 is 2.60 bits per heavy atom. The number of benzene rings is 1. The summed E-state index contributed by atoms with van der Waals surface area (Å²) in [5.74, 6) is 0.387. The highest BCUT2D eigenvalue weighted by Crippen LogP contribution is 2.00. The van der Waals surface area contributed by atoms with Gasteiger partial charge in [0.25, 0.3) is 5.91 Å². The molecule has 0 aromatic heterocycles. The smallest absolute Gasteiger partial charge is 0.273 e. The van der Waals surface area contributed by atoms with E-state index in [1.165, 1.54) is 0 Å². The molecule has 1 aromatic rings. The lowest BCUT2D eigenvalue weighted by Crippen LogP contribution is -2.24. The average Bonchev–Trinajstić information content (AvgIpc) is 2.25. The summed E-state index contributed by atoms with van der Waals surface area (Å²) >= 11 is 0. The van der Waals surface area contributed by atoms with E-state index in [0.717, 1.165) is 6.42 Å². The standard InChI is InChI=1S/C12H17NO2/c1-10(2)8-9-15-13-12(14)11-6-4-3-5-7-11/h3-7,10H,8-9H2,1-2H3,(H,13,14). The maximum atomic E-state index is 11.5. The third-order valence-electron chi connectivity index (χ3n) is 2.00. The van der Waals surface area contributed by atoms with Crippen molar-refractivity contribution in [2.24, 2.45) is 5.92 Å². The van der Waals surface area contributed by atoms with E-state index < -0.39 is 0 Å². The molecule has 1 aromatic carbocycles. The largest absolute Gasteiger partial charge is 0.274 e. The summed E-state index contributed by atoms with van der Waals surface area (Å²) in [6, 6.07) is 9.02. The van der Waals surface area contributed by atoms with Crippen LogP contribution in [0, 0.1) is 5.92 Å². The first-order valence-electron chi connectivity index (χ1n) is 5.17. The van der Waals surface area contributed by atoms with Gasteiger partial charge in [0, 0.05) is 5.56 Å². The Hall–Kier alpha value is -1.35. The van der Waals surface area contributed by atoms with Crippen LogP contribution < -0.4 is 5.48 Å². The lowest BCUT2D eigenvalue weighted by Gasteiger charge is -2.07. The van der Waals surface area contributed by atoms with Crippen molar-refractivity contribution in [3.63, 3.8) is 0 Å². The molecule has 1 rings (SSSR count). The quantitative estimate of drug-likeness (QED) is 0.594. The zero-order chi connectivity index (χ0) is 11.1. The Balaban J connectivity index is 2.25. The first-order chi connectivity index (χ1) is 7.20. The molecule has 0 aliphatic carbocycles. The number of hydrogen-bond donors (Lipinski definition) is 1. The van der Waals surface area contributed by atoms with Gasteiger partial charge < -0.3 is 0 Å². The molecule has 0 aliphatic rings. The summed E-state index contributed by atoms with van der Waals surface area (Å²) in [5.41, 5.74) is 3.03. The number of carbonyl (C=O) groups is 1. The van der Waals surface area contributed by atoms with Crippen molar-refractivity contribution in [2.45, 2.75) is 20.3 Å². The van der Waals surface area contributed by atoms with Crippen LogP contribution in [0.1, 0.15) is 30.6 Å². The van der Waals surface area contributed by atoms with Gasteiger partial charge in [-0.2, -0.15) is 0 Å². The second kappa shape index (κ2) is 6.19. The van der Waals surface area contributed by atoms with Crippen LogP contribution in [-0.4, -0.2) is 12.5 Å². The maximum absolute atomic E-state index is 11.5. The van der Waals surface area contributed by atoms with Crippen LogP contribution in [0.2, 0.25) is 0 Å². The minimum absolute atomic E-state index is 0.195. The summed E-state index contributed by atoms with van der Waals surface area (Å²) in [5, 5.41) is 0. The molecule has 1 amide bonds. The minimum Gasteiger partial charge on any atom is -0.273 e. The fourth-order valence-electron chi connectivity index (χ4n) is 1.06. The number of hydroxylamine groups is 1. The highest BCUT2D eigenvalue weighted by atomic mass is 16.6.